The maximum Gasteiger partial charge on any atom is 0.270 e. The lowest BCUT2D eigenvalue weighted by atomic mass is 9.95. The Morgan fingerprint density at radius 1 is 1.50 bits per heavy atom. The summed E-state index contributed by atoms with van der Waals surface area (Å²) in [6.07, 6.45) is 1.91. The Morgan fingerprint density at radius 2 is 2.33 bits per heavy atom. The molecule has 5 nitrogen and oxygen atoms in total. The number of hydrogen-bond donors (Lipinski definition) is 2. The third-order valence-corrected chi connectivity index (χ3v) is 3.09. The van der Waals surface area contributed by atoms with E-state index in [1.54, 1.807) is 13.1 Å². The molecule has 2 N–H and O–H groups in total. The summed E-state index contributed by atoms with van der Waals surface area (Å²) < 4.78 is 5.42. The molecule has 2 rings (SSSR count). The van der Waals surface area contributed by atoms with Gasteiger partial charge in [0.2, 0.25) is 0 Å². The van der Waals surface area contributed by atoms with Gasteiger partial charge < -0.3 is 15.4 Å². The van der Waals surface area contributed by atoms with E-state index >= 15 is 0 Å². The van der Waals surface area contributed by atoms with Gasteiger partial charge in [0.05, 0.1) is 12.1 Å². The van der Waals surface area contributed by atoms with Crippen molar-refractivity contribution in [2.45, 2.75) is 25.3 Å². The Kier molecular flexibility index (Phi) is 3.81. The number of ether oxygens (including phenoxy) is 1. The monoisotopic (exact) mass is 249 g/mol. The molecule has 1 aliphatic rings. The lowest BCUT2D eigenvalue weighted by molar-refractivity contribution is 0.0271. The van der Waals surface area contributed by atoms with E-state index in [1.807, 2.05) is 19.1 Å². The van der Waals surface area contributed by atoms with Crippen LogP contribution >= 0.6 is 0 Å². The third-order valence-electron chi connectivity index (χ3n) is 3.09. The smallest absolute Gasteiger partial charge is 0.270 e. The molecule has 98 valence electrons. The van der Waals surface area contributed by atoms with E-state index in [4.69, 9.17) is 4.74 Å². The Hall–Kier alpha value is -1.62. The van der Waals surface area contributed by atoms with Crippen LogP contribution in [0.2, 0.25) is 0 Å². The van der Waals surface area contributed by atoms with Crippen molar-refractivity contribution in [1.82, 2.24) is 10.3 Å². The van der Waals surface area contributed by atoms with E-state index in [-0.39, 0.29) is 11.4 Å². The van der Waals surface area contributed by atoms with E-state index < -0.39 is 0 Å². The summed E-state index contributed by atoms with van der Waals surface area (Å²) in [6.45, 7) is 3.34. The molecule has 1 fully saturated rings. The summed E-state index contributed by atoms with van der Waals surface area (Å²) >= 11 is 0. The zero-order valence-corrected chi connectivity index (χ0v) is 10.8. The lowest BCUT2D eigenvalue weighted by Crippen LogP contribution is -2.51. The quantitative estimate of drug-likeness (QED) is 0.850. The molecular formula is C13H19N3O2. The SMILES string of the molecule is CNc1cccc(C(=O)NC2(C)CCCOC2)n1. The maximum atomic E-state index is 12.1. The zero-order valence-electron chi connectivity index (χ0n) is 10.8. The molecule has 0 aromatic carbocycles. The van der Waals surface area contributed by atoms with Gasteiger partial charge in [-0.3, -0.25) is 4.79 Å². The highest BCUT2D eigenvalue weighted by atomic mass is 16.5. The van der Waals surface area contributed by atoms with Gasteiger partial charge in [0.1, 0.15) is 11.5 Å². The second-order valence-electron chi connectivity index (χ2n) is 4.83. The van der Waals surface area contributed by atoms with Gasteiger partial charge >= 0.3 is 0 Å². The summed E-state index contributed by atoms with van der Waals surface area (Å²) in [5, 5.41) is 5.93. The fraction of sp³-hybridized carbons (Fsp3) is 0.538. The Morgan fingerprint density at radius 3 is 3.00 bits per heavy atom. The summed E-state index contributed by atoms with van der Waals surface area (Å²) in [5.41, 5.74) is 0.140. The number of aromatic nitrogens is 1. The van der Waals surface area contributed by atoms with Crippen LogP contribution in [0.5, 0.6) is 0 Å². The molecule has 1 atom stereocenters. The second kappa shape index (κ2) is 5.35. The maximum absolute atomic E-state index is 12.1. The van der Waals surface area contributed by atoms with E-state index in [2.05, 4.69) is 15.6 Å². The van der Waals surface area contributed by atoms with Crippen LogP contribution in [0.4, 0.5) is 5.82 Å². The summed E-state index contributed by atoms with van der Waals surface area (Å²) in [4.78, 5) is 16.4. The highest BCUT2D eigenvalue weighted by molar-refractivity contribution is 5.93. The van der Waals surface area contributed by atoms with Gasteiger partial charge in [-0.15, -0.1) is 0 Å². The molecule has 1 aromatic heterocycles. The van der Waals surface area contributed by atoms with Gasteiger partial charge in [-0.05, 0) is 31.9 Å². The average Bonchev–Trinajstić information content (AvgIpc) is 2.39. The number of carbonyl (C=O) groups excluding carboxylic acids is 1. The molecule has 0 spiro atoms. The molecule has 1 aliphatic heterocycles. The molecule has 5 heteroatoms. The van der Waals surface area contributed by atoms with E-state index in [0.717, 1.165) is 19.4 Å². The first kappa shape index (κ1) is 12.8. The van der Waals surface area contributed by atoms with Gasteiger partial charge in [0.25, 0.3) is 5.91 Å². The predicted molar refractivity (Wildman–Crippen MR) is 69.7 cm³/mol. The van der Waals surface area contributed by atoms with Gasteiger partial charge in [-0.25, -0.2) is 4.98 Å². The number of nitrogens with one attached hydrogen (secondary N) is 2. The molecule has 1 aromatic rings. The summed E-state index contributed by atoms with van der Waals surface area (Å²) in [7, 11) is 1.78. The average molecular weight is 249 g/mol. The Bertz CT molecular complexity index is 428. The van der Waals surface area contributed by atoms with Crippen LogP contribution in [0.25, 0.3) is 0 Å². The van der Waals surface area contributed by atoms with Gasteiger partial charge in [0, 0.05) is 13.7 Å². The molecule has 18 heavy (non-hydrogen) atoms. The summed E-state index contributed by atoms with van der Waals surface area (Å²) in [6, 6.07) is 5.35. The minimum absolute atomic E-state index is 0.153. The van der Waals surface area contributed by atoms with E-state index in [9.17, 15) is 4.79 Å². The van der Waals surface area contributed by atoms with Gasteiger partial charge in [0.15, 0.2) is 0 Å². The number of amides is 1. The molecule has 0 bridgehead atoms. The number of nitrogens with zero attached hydrogens (tertiary/aromatic N) is 1. The van der Waals surface area contributed by atoms with Crippen LogP contribution in [0.15, 0.2) is 18.2 Å². The number of rotatable bonds is 3. The van der Waals surface area contributed by atoms with E-state index in [0.29, 0.717) is 18.1 Å². The Balaban J connectivity index is 2.06. The first-order valence-electron chi connectivity index (χ1n) is 6.18. The predicted octanol–water partition coefficient (Wildman–Crippen LogP) is 1.42. The molecule has 2 heterocycles. The molecule has 0 aliphatic carbocycles. The minimum Gasteiger partial charge on any atom is -0.379 e. The minimum atomic E-state index is -0.285. The van der Waals surface area contributed by atoms with Crippen molar-refractivity contribution >= 4 is 11.7 Å². The van der Waals surface area contributed by atoms with Crippen molar-refractivity contribution in [1.29, 1.82) is 0 Å². The standard InChI is InChI=1S/C13H19N3O2/c1-13(7-4-8-18-9-13)16-12(17)10-5-3-6-11(14-2)15-10/h3,5-6H,4,7-9H2,1-2H3,(H,14,15)(H,16,17). The van der Waals surface area contributed by atoms with Crippen molar-refractivity contribution in [2.24, 2.45) is 0 Å². The molecule has 1 amide bonds. The van der Waals surface area contributed by atoms with Crippen molar-refractivity contribution in [2.75, 3.05) is 25.6 Å². The van der Waals surface area contributed by atoms with Crippen molar-refractivity contribution in [3.8, 4) is 0 Å². The van der Waals surface area contributed by atoms with Crippen LogP contribution in [-0.2, 0) is 4.74 Å². The third kappa shape index (κ3) is 2.98. The number of hydrogen-bond acceptors (Lipinski definition) is 4. The number of carbonyl (C=O) groups is 1. The summed E-state index contributed by atoms with van der Waals surface area (Å²) in [5.74, 6) is 0.535. The lowest BCUT2D eigenvalue weighted by Gasteiger charge is -2.34. The molecular weight excluding hydrogens is 230 g/mol. The normalized spacial score (nSPS) is 23.4. The fourth-order valence-corrected chi connectivity index (χ4v) is 2.07. The van der Waals surface area contributed by atoms with Gasteiger partial charge in [-0.1, -0.05) is 6.07 Å². The zero-order chi connectivity index (χ0) is 13.0. The fourth-order valence-electron chi connectivity index (χ4n) is 2.07. The molecule has 1 unspecified atom stereocenters. The van der Waals surface area contributed by atoms with Gasteiger partial charge in [-0.2, -0.15) is 0 Å². The topological polar surface area (TPSA) is 63.2 Å². The Labute approximate surface area is 107 Å². The number of anilines is 1. The molecule has 0 radical (unpaired) electrons. The van der Waals surface area contributed by atoms with Crippen molar-refractivity contribution in [3.63, 3.8) is 0 Å². The highest BCUT2D eigenvalue weighted by Crippen LogP contribution is 2.18. The first-order valence-corrected chi connectivity index (χ1v) is 6.18. The van der Waals surface area contributed by atoms with Crippen LogP contribution in [0.3, 0.4) is 0 Å². The van der Waals surface area contributed by atoms with Crippen LogP contribution in [-0.4, -0.2) is 36.7 Å². The molecule has 0 saturated carbocycles. The van der Waals surface area contributed by atoms with Crippen molar-refractivity contribution in [3.05, 3.63) is 23.9 Å². The number of pyridine rings is 1. The van der Waals surface area contributed by atoms with Crippen LogP contribution < -0.4 is 10.6 Å². The largest absolute Gasteiger partial charge is 0.379 e. The highest BCUT2D eigenvalue weighted by Gasteiger charge is 2.29. The van der Waals surface area contributed by atoms with Crippen LogP contribution in [0.1, 0.15) is 30.3 Å². The van der Waals surface area contributed by atoms with Crippen molar-refractivity contribution < 1.29 is 9.53 Å². The van der Waals surface area contributed by atoms with E-state index in [1.165, 1.54) is 0 Å². The molecule has 1 saturated heterocycles. The second-order valence-corrected chi connectivity index (χ2v) is 4.83. The van der Waals surface area contributed by atoms with Crippen LogP contribution in [0, 0.1) is 0 Å². The first-order chi connectivity index (χ1) is 8.63.